The smallest absolute Gasteiger partial charge is 0.239 e. The van der Waals surface area contributed by atoms with Gasteiger partial charge in [0.1, 0.15) is 10.8 Å². The largest absolute Gasteiger partial charge is 0.497 e. The van der Waals surface area contributed by atoms with E-state index in [1.165, 1.54) is 23.1 Å². The van der Waals surface area contributed by atoms with Gasteiger partial charge in [-0.2, -0.15) is 0 Å². The molecule has 0 spiro atoms. The van der Waals surface area contributed by atoms with E-state index in [4.69, 9.17) is 4.74 Å². The zero-order chi connectivity index (χ0) is 20.2. The van der Waals surface area contributed by atoms with Crippen LogP contribution < -0.4 is 10.1 Å². The van der Waals surface area contributed by atoms with E-state index in [0.29, 0.717) is 11.6 Å². The maximum Gasteiger partial charge on any atom is 0.239 e. The first-order valence-corrected chi connectivity index (χ1v) is 11.5. The molecule has 0 aliphatic carbocycles. The van der Waals surface area contributed by atoms with Gasteiger partial charge in [0.2, 0.25) is 11.0 Å². The van der Waals surface area contributed by atoms with Crippen molar-refractivity contribution in [1.29, 1.82) is 0 Å². The number of thioether (sulfide) groups is 1. The van der Waals surface area contributed by atoms with Crippen LogP contribution in [0.25, 0.3) is 20.8 Å². The van der Waals surface area contributed by atoms with Gasteiger partial charge in [0, 0.05) is 5.56 Å². The molecule has 0 aliphatic heterocycles. The number of nitrogens with one attached hydrogen (secondary N) is 1. The highest BCUT2D eigenvalue weighted by Gasteiger charge is 2.21. The molecular weight excluding hydrogens is 424 g/mol. The molecule has 4 rings (SSSR count). The number of para-hydroxylation sites is 1. The van der Waals surface area contributed by atoms with Crippen molar-refractivity contribution in [2.45, 2.75) is 22.9 Å². The van der Waals surface area contributed by atoms with E-state index in [1.54, 1.807) is 18.4 Å². The van der Waals surface area contributed by atoms with E-state index in [1.807, 2.05) is 55.5 Å². The van der Waals surface area contributed by atoms with Gasteiger partial charge in [0.25, 0.3) is 0 Å². The summed E-state index contributed by atoms with van der Waals surface area (Å²) in [6, 6.07) is 15.6. The minimum Gasteiger partial charge on any atom is -0.497 e. The molecule has 9 heteroatoms. The SMILES string of the molecule is CCC(Sc1nc2ccccc2s1)C(=O)Nc1nnc(-c2ccc(OC)cc2)s1. The Morgan fingerprint density at radius 1 is 1.14 bits per heavy atom. The Hall–Kier alpha value is -2.49. The monoisotopic (exact) mass is 442 g/mol. The number of ether oxygens (including phenoxy) is 1. The summed E-state index contributed by atoms with van der Waals surface area (Å²) in [6.45, 7) is 1.99. The molecule has 2 aromatic heterocycles. The van der Waals surface area contributed by atoms with E-state index in [-0.39, 0.29) is 11.2 Å². The first-order chi connectivity index (χ1) is 14.2. The van der Waals surface area contributed by atoms with Crippen LogP contribution >= 0.6 is 34.4 Å². The average molecular weight is 443 g/mol. The predicted molar refractivity (Wildman–Crippen MR) is 120 cm³/mol. The Balaban J connectivity index is 1.43. The minimum atomic E-state index is -0.246. The van der Waals surface area contributed by atoms with Gasteiger partial charge in [0.05, 0.1) is 22.6 Å². The topological polar surface area (TPSA) is 77.0 Å². The van der Waals surface area contributed by atoms with Crippen molar-refractivity contribution >= 4 is 55.7 Å². The Morgan fingerprint density at radius 2 is 1.93 bits per heavy atom. The van der Waals surface area contributed by atoms with Crippen LogP contribution in [0.15, 0.2) is 52.9 Å². The molecule has 0 radical (unpaired) electrons. The summed E-state index contributed by atoms with van der Waals surface area (Å²) in [5.74, 6) is 0.693. The lowest BCUT2D eigenvalue weighted by atomic mass is 10.2. The van der Waals surface area contributed by atoms with E-state index in [9.17, 15) is 4.79 Å². The molecule has 2 heterocycles. The Labute approximate surface area is 180 Å². The molecular formula is C20H18N4O2S3. The normalized spacial score (nSPS) is 12.1. The molecule has 1 amide bonds. The van der Waals surface area contributed by atoms with E-state index in [0.717, 1.165) is 30.9 Å². The lowest BCUT2D eigenvalue weighted by Crippen LogP contribution is -2.24. The number of carbonyl (C=O) groups is 1. The second-order valence-corrected chi connectivity index (χ2v) is 9.55. The fourth-order valence-corrected chi connectivity index (χ4v) is 5.64. The summed E-state index contributed by atoms with van der Waals surface area (Å²) < 4.78 is 7.19. The standard InChI is InChI=1S/C20H18N4O2S3/c1-3-15(27-20-21-14-6-4-5-7-16(14)28-20)17(25)22-19-24-23-18(29-19)12-8-10-13(26-2)11-9-12/h4-11,15H,3H2,1-2H3,(H,22,24,25). The van der Waals surface area contributed by atoms with Gasteiger partial charge in [-0.15, -0.1) is 21.5 Å². The number of thiazole rings is 1. The molecule has 2 aromatic carbocycles. The van der Waals surface area contributed by atoms with Crippen LogP contribution in [0.2, 0.25) is 0 Å². The summed E-state index contributed by atoms with van der Waals surface area (Å²) in [4.78, 5) is 17.4. The Bertz CT molecular complexity index is 1090. The van der Waals surface area contributed by atoms with Crippen molar-refractivity contribution in [1.82, 2.24) is 15.2 Å². The van der Waals surface area contributed by atoms with E-state index >= 15 is 0 Å². The molecule has 0 aliphatic rings. The van der Waals surface area contributed by atoms with Gasteiger partial charge in [-0.05, 0) is 42.8 Å². The number of benzene rings is 2. The number of hydrogen-bond donors (Lipinski definition) is 1. The first kappa shape index (κ1) is 19.8. The number of fused-ring (bicyclic) bond motifs is 1. The van der Waals surface area contributed by atoms with Crippen molar-refractivity contribution in [2.24, 2.45) is 0 Å². The third-order valence-corrected chi connectivity index (χ3v) is 7.55. The molecule has 0 fully saturated rings. The lowest BCUT2D eigenvalue weighted by Gasteiger charge is -2.11. The average Bonchev–Trinajstić information content (AvgIpc) is 3.38. The van der Waals surface area contributed by atoms with Gasteiger partial charge in [-0.1, -0.05) is 42.2 Å². The van der Waals surface area contributed by atoms with Crippen LogP contribution in [0.5, 0.6) is 5.75 Å². The van der Waals surface area contributed by atoms with E-state index in [2.05, 4.69) is 20.5 Å². The number of amides is 1. The molecule has 0 saturated carbocycles. The van der Waals surface area contributed by atoms with Crippen LogP contribution in [0.3, 0.4) is 0 Å². The van der Waals surface area contributed by atoms with Crippen LogP contribution in [-0.2, 0) is 4.79 Å². The highest BCUT2D eigenvalue weighted by atomic mass is 32.2. The summed E-state index contributed by atoms with van der Waals surface area (Å²) in [7, 11) is 1.63. The van der Waals surface area contributed by atoms with Crippen molar-refractivity contribution in [2.75, 3.05) is 12.4 Å². The van der Waals surface area contributed by atoms with Crippen LogP contribution in [0.4, 0.5) is 5.13 Å². The van der Waals surface area contributed by atoms with Gasteiger partial charge in [-0.3, -0.25) is 10.1 Å². The molecule has 29 heavy (non-hydrogen) atoms. The maximum atomic E-state index is 12.8. The number of rotatable bonds is 7. The highest BCUT2D eigenvalue weighted by molar-refractivity contribution is 8.02. The summed E-state index contributed by atoms with van der Waals surface area (Å²) in [5, 5.41) is 12.2. The fourth-order valence-electron chi connectivity index (χ4n) is 2.66. The summed E-state index contributed by atoms with van der Waals surface area (Å²) in [5.41, 5.74) is 1.89. The van der Waals surface area contributed by atoms with Gasteiger partial charge >= 0.3 is 0 Å². The molecule has 148 valence electrons. The van der Waals surface area contributed by atoms with Gasteiger partial charge < -0.3 is 4.74 Å². The third-order valence-electron chi connectivity index (χ3n) is 4.17. The fraction of sp³-hybridized carbons (Fsp3) is 0.200. The summed E-state index contributed by atoms with van der Waals surface area (Å²) in [6.07, 6.45) is 0.691. The molecule has 4 aromatic rings. The first-order valence-electron chi connectivity index (χ1n) is 8.97. The minimum absolute atomic E-state index is 0.0887. The highest BCUT2D eigenvalue weighted by Crippen LogP contribution is 2.34. The molecule has 6 nitrogen and oxygen atoms in total. The van der Waals surface area contributed by atoms with Crippen LogP contribution in [-0.4, -0.2) is 33.4 Å². The molecule has 0 bridgehead atoms. The quantitative estimate of drug-likeness (QED) is 0.390. The van der Waals surface area contributed by atoms with Gasteiger partial charge in [-0.25, -0.2) is 4.98 Å². The maximum absolute atomic E-state index is 12.8. The van der Waals surface area contributed by atoms with Gasteiger partial charge in [0.15, 0.2) is 4.34 Å². The third kappa shape index (κ3) is 4.58. The van der Waals surface area contributed by atoms with E-state index < -0.39 is 0 Å². The van der Waals surface area contributed by atoms with Crippen LogP contribution in [0, 0.1) is 0 Å². The van der Waals surface area contributed by atoms with Crippen molar-refractivity contribution in [3.05, 3.63) is 48.5 Å². The number of aromatic nitrogens is 3. The number of anilines is 1. The zero-order valence-electron chi connectivity index (χ0n) is 15.8. The molecule has 1 N–H and O–H groups in total. The zero-order valence-corrected chi connectivity index (χ0v) is 18.2. The number of carbonyl (C=O) groups excluding carboxylic acids is 1. The second-order valence-electron chi connectivity index (χ2n) is 6.09. The van der Waals surface area contributed by atoms with Crippen molar-refractivity contribution < 1.29 is 9.53 Å². The Morgan fingerprint density at radius 3 is 2.66 bits per heavy atom. The molecule has 0 saturated heterocycles. The van der Waals surface area contributed by atoms with Crippen molar-refractivity contribution in [3.8, 4) is 16.3 Å². The number of hydrogen-bond acceptors (Lipinski definition) is 8. The number of methoxy groups -OCH3 is 1. The number of nitrogens with zero attached hydrogens (tertiary/aromatic N) is 3. The lowest BCUT2D eigenvalue weighted by molar-refractivity contribution is -0.115. The molecule has 1 unspecified atom stereocenters. The second kappa shape index (κ2) is 8.89. The van der Waals surface area contributed by atoms with Crippen LogP contribution in [0.1, 0.15) is 13.3 Å². The van der Waals surface area contributed by atoms with Crippen molar-refractivity contribution in [3.63, 3.8) is 0 Å². The Kier molecular flexibility index (Phi) is 6.08. The molecule has 1 atom stereocenters. The summed E-state index contributed by atoms with van der Waals surface area (Å²) >= 11 is 4.44. The predicted octanol–water partition coefficient (Wildman–Crippen LogP) is 5.33.